The number of hydrogen-bond donors (Lipinski definition) is 1. The summed E-state index contributed by atoms with van der Waals surface area (Å²) in [5.41, 5.74) is -0.0752. The van der Waals surface area contributed by atoms with E-state index in [1.165, 1.54) is 5.01 Å². The first-order chi connectivity index (χ1) is 6.50. The Morgan fingerprint density at radius 2 is 2.29 bits per heavy atom. The Morgan fingerprint density at radius 1 is 1.64 bits per heavy atom. The molecule has 78 valence electrons. The lowest BCUT2D eigenvalue weighted by molar-refractivity contribution is -0.131. The fourth-order valence-electron chi connectivity index (χ4n) is 1.06. The molecule has 6 heteroatoms. The molecular weight excluding hydrogens is 186 g/mol. The summed E-state index contributed by atoms with van der Waals surface area (Å²) in [6.45, 7) is 1.10. The SMILES string of the molecule is CN(C)CCN1N=C(C(=O)O)CC1=O. The number of nitrogens with zero attached hydrogens (tertiary/aromatic N) is 3. The number of likely N-dealkylation sites (N-methyl/N-ethyl adjacent to an activating group) is 1. The lowest BCUT2D eigenvalue weighted by atomic mass is 10.3. The van der Waals surface area contributed by atoms with Gasteiger partial charge in [0, 0.05) is 6.54 Å². The van der Waals surface area contributed by atoms with Crippen molar-refractivity contribution in [3.8, 4) is 0 Å². The number of carbonyl (C=O) groups excluding carboxylic acids is 1. The molecule has 1 amide bonds. The number of hydrogen-bond acceptors (Lipinski definition) is 4. The third-order valence-corrected chi connectivity index (χ3v) is 1.85. The van der Waals surface area contributed by atoms with E-state index in [2.05, 4.69) is 5.10 Å². The van der Waals surface area contributed by atoms with Gasteiger partial charge in [0.25, 0.3) is 0 Å². The summed E-state index contributed by atoms with van der Waals surface area (Å²) in [6, 6.07) is 0. The molecule has 14 heavy (non-hydrogen) atoms. The third kappa shape index (κ3) is 2.53. The second-order valence-corrected chi connectivity index (χ2v) is 3.35. The molecule has 1 aliphatic rings. The van der Waals surface area contributed by atoms with Crippen molar-refractivity contribution in [2.24, 2.45) is 5.10 Å². The first-order valence-electron chi connectivity index (χ1n) is 4.26. The van der Waals surface area contributed by atoms with Crippen LogP contribution in [0, 0.1) is 0 Å². The molecule has 0 aromatic carbocycles. The van der Waals surface area contributed by atoms with Gasteiger partial charge in [0.1, 0.15) is 0 Å². The minimum absolute atomic E-state index is 0.0752. The molecule has 0 spiro atoms. The van der Waals surface area contributed by atoms with Gasteiger partial charge in [0.15, 0.2) is 5.71 Å². The number of carbonyl (C=O) groups is 2. The van der Waals surface area contributed by atoms with Gasteiger partial charge in [-0.05, 0) is 14.1 Å². The quantitative estimate of drug-likeness (QED) is 0.644. The maximum Gasteiger partial charge on any atom is 0.352 e. The summed E-state index contributed by atoms with van der Waals surface area (Å²) in [5, 5.41) is 13.5. The highest BCUT2D eigenvalue weighted by Crippen LogP contribution is 2.07. The molecule has 1 rings (SSSR count). The Hall–Kier alpha value is -1.43. The molecule has 0 saturated carbocycles. The fraction of sp³-hybridized carbons (Fsp3) is 0.625. The second-order valence-electron chi connectivity index (χ2n) is 3.35. The number of amides is 1. The van der Waals surface area contributed by atoms with Gasteiger partial charge in [-0.15, -0.1) is 0 Å². The lowest BCUT2D eigenvalue weighted by Crippen LogP contribution is -2.29. The molecular formula is C8H13N3O3. The van der Waals surface area contributed by atoms with Gasteiger partial charge in [-0.1, -0.05) is 0 Å². The number of carboxylic acids is 1. The highest BCUT2D eigenvalue weighted by atomic mass is 16.4. The summed E-state index contributed by atoms with van der Waals surface area (Å²) < 4.78 is 0. The minimum Gasteiger partial charge on any atom is -0.477 e. The Kier molecular flexibility index (Phi) is 3.19. The van der Waals surface area contributed by atoms with Crippen LogP contribution in [0.5, 0.6) is 0 Å². The molecule has 0 aromatic rings. The van der Waals surface area contributed by atoms with Gasteiger partial charge in [-0.3, -0.25) is 4.79 Å². The van der Waals surface area contributed by atoms with Gasteiger partial charge >= 0.3 is 5.97 Å². The molecule has 0 unspecified atom stereocenters. The summed E-state index contributed by atoms with van der Waals surface area (Å²) >= 11 is 0. The van der Waals surface area contributed by atoms with Crippen LogP contribution >= 0.6 is 0 Å². The average Bonchev–Trinajstić information content (AvgIpc) is 2.43. The fourth-order valence-corrected chi connectivity index (χ4v) is 1.06. The van der Waals surface area contributed by atoms with E-state index in [0.29, 0.717) is 13.1 Å². The number of rotatable bonds is 4. The summed E-state index contributed by atoms with van der Waals surface area (Å²) in [5.74, 6) is -1.37. The molecule has 0 saturated heterocycles. The minimum atomic E-state index is -1.12. The van der Waals surface area contributed by atoms with Crippen LogP contribution < -0.4 is 0 Å². The van der Waals surface area contributed by atoms with Crippen LogP contribution in [-0.2, 0) is 9.59 Å². The van der Waals surface area contributed by atoms with Gasteiger partial charge in [0.2, 0.25) is 5.91 Å². The van der Waals surface area contributed by atoms with Crippen molar-refractivity contribution in [3.63, 3.8) is 0 Å². The Morgan fingerprint density at radius 3 is 2.71 bits per heavy atom. The summed E-state index contributed by atoms with van der Waals surface area (Å²) in [6.07, 6.45) is -0.0945. The smallest absolute Gasteiger partial charge is 0.352 e. The van der Waals surface area contributed by atoms with E-state index >= 15 is 0 Å². The van der Waals surface area contributed by atoms with Crippen LogP contribution in [0.1, 0.15) is 6.42 Å². The van der Waals surface area contributed by atoms with Crippen molar-refractivity contribution in [3.05, 3.63) is 0 Å². The zero-order valence-electron chi connectivity index (χ0n) is 8.23. The largest absolute Gasteiger partial charge is 0.477 e. The highest BCUT2D eigenvalue weighted by molar-refractivity contribution is 6.40. The topological polar surface area (TPSA) is 73.2 Å². The van der Waals surface area contributed by atoms with Crippen LogP contribution in [-0.4, -0.2) is 59.8 Å². The van der Waals surface area contributed by atoms with Crippen LogP contribution in [0.25, 0.3) is 0 Å². The first-order valence-corrected chi connectivity index (χ1v) is 4.26. The van der Waals surface area contributed by atoms with E-state index in [0.717, 1.165) is 0 Å². The van der Waals surface area contributed by atoms with Crippen LogP contribution in [0.15, 0.2) is 5.10 Å². The molecule has 0 aromatic heterocycles. The lowest BCUT2D eigenvalue weighted by Gasteiger charge is -2.14. The van der Waals surface area contributed by atoms with Crippen molar-refractivity contribution in [1.29, 1.82) is 0 Å². The predicted octanol–water partition coefficient (Wildman–Crippen LogP) is -0.779. The van der Waals surface area contributed by atoms with E-state index in [9.17, 15) is 9.59 Å². The number of aliphatic carboxylic acids is 1. The normalized spacial score (nSPS) is 16.4. The number of carboxylic acid groups (broad SMARTS) is 1. The number of hydrazone groups is 1. The molecule has 1 aliphatic heterocycles. The summed E-state index contributed by atoms with van der Waals surface area (Å²) in [7, 11) is 3.75. The van der Waals surface area contributed by atoms with Gasteiger partial charge in [0.05, 0.1) is 13.0 Å². The first kappa shape index (κ1) is 10.6. The molecule has 0 radical (unpaired) electrons. The van der Waals surface area contributed by atoms with Crippen LogP contribution in [0.2, 0.25) is 0 Å². The highest BCUT2D eigenvalue weighted by Gasteiger charge is 2.27. The Labute approximate surface area is 81.8 Å². The van der Waals surface area contributed by atoms with Gasteiger partial charge < -0.3 is 10.0 Å². The zero-order chi connectivity index (χ0) is 10.7. The molecule has 1 heterocycles. The van der Waals surface area contributed by atoms with E-state index < -0.39 is 5.97 Å². The standard InChI is InChI=1S/C8H13N3O3/c1-10(2)3-4-11-7(12)5-6(9-11)8(13)14/h3-5H2,1-2H3,(H,13,14). The average molecular weight is 199 g/mol. The van der Waals surface area contributed by atoms with Crippen molar-refractivity contribution in [1.82, 2.24) is 9.91 Å². The molecule has 0 atom stereocenters. The maximum absolute atomic E-state index is 11.2. The zero-order valence-corrected chi connectivity index (χ0v) is 8.23. The van der Waals surface area contributed by atoms with Crippen molar-refractivity contribution < 1.29 is 14.7 Å². The summed E-state index contributed by atoms with van der Waals surface area (Å²) in [4.78, 5) is 23.6. The van der Waals surface area contributed by atoms with Gasteiger partial charge in [-0.2, -0.15) is 5.10 Å². The van der Waals surface area contributed by atoms with E-state index in [4.69, 9.17) is 5.11 Å². The monoisotopic (exact) mass is 199 g/mol. The molecule has 0 bridgehead atoms. The van der Waals surface area contributed by atoms with Crippen molar-refractivity contribution >= 4 is 17.6 Å². The van der Waals surface area contributed by atoms with Crippen molar-refractivity contribution in [2.75, 3.05) is 27.2 Å². The van der Waals surface area contributed by atoms with Crippen LogP contribution in [0.4, 0.5) is 0 Å². The van der Waals surface area contributed by atoms with Crippen LogP contribution in [0.3, 0.4) is 0 Å². The van der Waals surface area contributed by atoms with E-state index in [-0.39, 0.29) is 18.0 Å². The maximum atomic E-state index is 11.2. The van der Waals surface area contributed by atoms with Gasteiger partial charge in [-0.25, -0.2) is 9.80 Å². The molecule has 6 nitrogen and oxygen atoms in total. The molecule has 0 aliphatic carbocycles. The molecule has 1 N–H and O–H groups in total. The third-order valence-electron chi connectivity index (χ3n) is 1.85. The molecule has 0 fully saturated rings. The van der Waals surface area contributed by atoms with Crippen molar-refractivity contribution in [2.45, 2.75) is 6.42 Å². The Balaban J connectivity index is 2.54. The Bertz CT molecular complexity index is 286. The predicted molar refractivity (Wildman–Crippen MR) is 50.0 cm³/mol. The van der Waals surface area contributed by atoms with E-state index in [1.807, 2.05) is 19.0 Å². The second kappa shape index (κ2) is 4.19. The van der Waals surface area contributed by atoms with E-state index in [1.54, 1.807) is 0 Å².